The molecule has 0 bridgehead atoms. The van der Waals surface area contributed by atoms with Crippen LogP contribution in [-0.2, 0) is 7.05 Å². The number of rotatable bonds is 2. The summed E-state index contributed by atoms with van der Waals surface area (Å²) in [5.41, 5.74) is 2.63. The standard InChI is InChI=1S/C12H13BrN2O/c1-8-5-9(7-10(13)6-8)12(16)11-3-4-15(2)14-11/h3-7,12,16H,1-2H3. The van der Waals surface area contributed by atoms with Crippen LogP contribution in [0.3, 0.4) is 0 Å². The van der Waals surface area contributed by atoms with Gasteiger partial charge in [-0.2, -0.15) is 5.10 Å². The van der Waals surface area contributed by atoms with Crippen molar-refractivity contribution in [3.8, 4) is 0 Å². The molecule has 0 saturated heterocycles. The SMILES string of the molecule is Cc1cc(Br)cc(C(O)c2ccn(C)n2)c1. The molecule has 0 amide bonds. The van der Waals surface area contributed by atoms with Crippen LogP contribution in [0.1, 0.15) is 22.9 Å². The van der Waals surface area contributed by atoms with Gasteiger partial charge in [-0.3, -0.25) is 4.68 Å². The van der Waals surface area contributed by atoms with Gasteiger partial charge in [-0.1, -0.05) is 22.0 Å². The number of aromatic nitrogens is 2. The smallest absolute Gasteiger partial charge is 0.123 e. The van der Waals surface area contributed by atoms with Crippen molar-refractivity contribution in [3.05, 3.63) is 51.8 Å². The second-order valence-electron chi connectivity index (χ2n) is 3.88. The maximum absolute atomic E-state index is 10.2. The fourth-order valence-electron chi connectivity index (χ4n) is 1.67. The van der Waals surface area contributed by atoms with E-state index in [0.717, 1.165) is 15.6 Å². The molecule has 1 unspecified atom stereocenters. The summed E-state index contributed by atoms with van der Waals surface area (Å²) in [4.78, 5) is 0. The van der Waals surface area contributed by atoms with Crippen molar-refractivity contribution in [2.24, 2.45) is 7.05 Å². The molecule has 1 N–H and O–H groups in total. The zero-order valence-electron chi connectivity index (χ0n) is 9.18. The predicted molar refractivity (Wildman–Crippen MR) is 66.1 cm³/mol. The van der Waals surface area contributed by atoms with E-state index in [2.05, 4.69) is 21.0 Å². The largest absolute Gasteiger partial charge is 0.382 e. The normalized spacial score (nSPS) is 12.8. The number of halogens is 1. The molecule has 16 heavy (non-hydrogen) atoms. The number of hydrogen-bond acceptors (Lipinski definition) is 2. The van der Waals surface area contributed by atoms with Gasteiger partial charge in [0, 0.05) is 17.7 Å². The predicted octanol–water partition coefficient (Wildman–Crippen LogP) is 2.57. The molecule has 1 aromatic heterocycles. The van der Waals surface area contributed by atoms with Crippen LogP contribution >= 0.6 is 15.9 Å². The van der Waals surface area contributed by atoms with Gasteiger partial charge in [0.15, 0.2) is 0 Å². The Morgan fingerprint density at radius 3 is 2.69 bits per heavy atom. The van der Waals surface area contributed by atoms with Gasteiger partial charge in [-0.05, 0) is 36.2 Å². The van der Waals surface area contributed by atoms with E-state index < -0.39 is 6.10 Å². The molecule has 2 aromatic rings. The molecule has 0 fully saturated rings. The van der Waals surface area contributed by atoms with E-state index >= 15 is 0 Å². The van der Waals surface area contributed by atoms with Crippen molar-refractivity contribution >= 4 is 15.9 Å². The third-order valence-corrected chi connectivity index (χ3v) is 2.85. The Labute approximate surface area is 103 Å². The number of benzene rings is 1. The summed E-state index contributed by atoms with van der Waals surface area (Å²) >= 11 is 3.42. The monoisotopic (exact) mass is 280 g/mol. The second kappa shape index (κ2) is 4.39. The Morgan fingerprint density at radius 1 is 1.38 bits per heavy atom. The quantitative estimate of drug-likeness (QED) is 0.918. The van der Waals surface area contributed by atoms with Gasteiger partial charge in [0.1, 0.15) is 6.10 Å². The molecule has 0 radical (unpaired) electrons. The summed E-state index contributed by atoms with van der Waals surface area (Å²) < 4.78 is 2.65. The molecule has 0 aliphatic rings. The molecule has 0 spiro atoms. The molecule has 0 aliphatic heterocycles. The molecule has 0 aliphatic carbocycles. The molecule has 1 aromatic carbocycles. The van der Waals surface area contributed by atoms with E-state index in [1.165, 1.54) is 0 Å². The van der Waals surface area contributed by atoms with Crippen LogP contribution in [0.25, 0.3) is 0 Å². The van der Waals surface area contributed by atoms with Gasteiger partial charge in [-0.25, -0.2) is 0 Å². The minimum atomic E-state index is -0.669. The molecule has 0 saturated carbocycles. The van der Waals surface area contributed by atoms with E-state index in [-0.39, 0.29) is 0 Å². The topological polar surface area (TPSA) is 38.0 Å². The second-order valence-corrected chi connectivity index (χ2v) is 4.79. The van der Waals surface area contributed by atoms with Crippen LogP contribution in [0.15, 0.2) is 34.9 Å². The molecule has 3 nitrogen and oxygen atoms in total. The first-order valence-electron chi connectivity index (χ1n) is 5.01. The first-order chi connectivity index (χ1) is 7.56. The van der Waals surface area contributed by atoms with Crippen molar-refractivity contribution in [1.82, 2.24) is 9.78 Å². The average Bonchev–Trinajstić information content (AvgIpc) is 2.62. The zero-order valence-corrected chi connectivity index (χ0v) is 10.8. The Bertz CT molecular complexity index is 487. The summed E-state index contributed by atoms with van der Waals surface area (Å²) in [5.74, 6) is 0. The summed E-state index contributed by atoms with van der Waals surface area (Å²) in [6, 6.07) is 7.70. The lowest BCUT2D eigenvalue weighted by Crippen LogP contribution is -2.02. The van der Waals surface area contributed by atoms with Crippen LogP contribution in [0.2, 0.25) is 0 Å². The average molecular weight is 281 g/mol. The van der Waals surface area contributed by atoms with Crippen molar-refractivity contribution in [2.45, 2.75) is 13.0 Å². The number of aliphatic hydroxyl groups excluding tert-OH is 1. The minimum absolute atomic E-state index is 0.667. The highest BCUT2D eigenvalue weighted by Crippen LogP contribution is 2.24. The summed E-state index contributed by atoms with van der Waals surface area (Å²) in [6.07, 6.45) is 1.15. The van der Waals surface area contributed by atoms with E-state index in [0.29, 0.717) is 5.69 Å². The van der Waals surface area contributed by atoms with Crippen LogP contribution in [-0.4, -0.2) is 14.9 Å². The molecule has 1 heterocycles. The van der Waals surface area contributed by atoms with Crippen molar-refractivity contribution < 1.29 is 5.11 Å². The van der Waals surface area contributed by atoms with Crippen molar-refractivity contribution in [2.75, 3.05) is 0 Å². The van der Waals surface area contributed by atoms with Gasteiger partial charge < -0.3 is 5.11 Å². The Hall–Kier alpha value is -1.13. The van der Waals surface area contributed by atoms with Crippen LogP contribution in [0.5, 0.6) is 0 Å². The van der Waals surface area contributed by atoms with Gasteiger partial charge >= 0.3 is 0 Å². The molecule has 4 heteroatoms. The van der Waals surface area contributed by atoms with Crippen LogP contribution in [0.4, 0.5) is 0 Å². The zero-order chi connectivity index (χ0) is 11.7. The molecule has 84 valence electrons. The fraction of sp³-hybridized carbons (Fsp3) is 0.250. The van der Waals surface area contributed by atoms with Crippen molar-refractivity contribution in [1.29, 1.82) is 0 Å². The summed E-state index contributed by atoms with van der Waals surface area (Å²) in [7, 11) is 1.84. The highest BCUT2D eigenvalue weighted by molar-refractivity contribution is 9.10. The maximum atomic E-state index is 10.2. The van der Waals surface area contributed by atoms with Gasteiger partial charge in [-0.15, -0.1) is 0 Å². The van der Waals surface area contributed by atoms with Crippen LogP contribution < -0.4 is 0 Å². The number of nitrogens with zero attached hydrogens (tertiary/aromatic N) is 2. The first-order valence-corrected chi connectivity index (χ1v) is 5.80. The number of aryl methyl sites for hydroxylation is 2. The number of aliphatic hydroxyl groups is 1. The van der Waals surface area contributed by atoms with Gasteiger partial charge in [0.05, 0.1) is 5.69 Å². The lowest BCUT2D eigenvalue weighted by Gasteiger charge is -2.09. The third-order valence-electron chi connectivity index (χ3n) is 2.39. The summed E-state index contributed by atoms with van der Waals surface area (Å²) in [5, 5.41) is 14.4. The summed E-state index contributed by atoms with van der Waals surface area (Å²) in [6.45, 7) is 2.00. The molecular formula is C12H13BrN2O. The van der Waals surface area contributed by atoms with E-state index in [1.807, 2.05) is 44.4 Å². The van der Waals surface area contributed by atoms with E-state index in [4.69, 9.17) is 0 Å². The maximum Gasteiger partial charge on any atom is 0.123 e. The Morgan fingerprint density at radius 2 is 2.12 bits per heavy atom. The fourth-order valence-corrected chi connectivity index (χ4v) is 2.30. The van der Waals surface area contributed by atoms with Gasteiger partial charge in [0.25, 0.3) is 0 Å². The Balaban J connectivity index is 2.37. The van der Waals surface area contributed by atoms with E-state index in [9.17, 15) is 5.11 Å². The third kappa shape index (κ3) is 2.33. The molecular weight excluding hydrogens is 268 g/mol. The van der Waals surface area contributed by atoms with E-state index in [1.54, 1.807) is 4.68 Å². The highest BCUT2D eigenvalue weighted by Gasteiger charge is 2.13. The van der Waals surface area contributed by atoms with Gasteiger partial charge in [0.2, 0.25) is 0 Å². The first kappa shape index (κ1) is 11.4. The van der Waals surface area contributed by atoms with Crippen LogP contribution in [0, 0.1) is 6.92 Å². The van der Waals surface area contributed by atoms with Crippen molar-refractivity contribution in [3.63, 3.8) is 0 Å². The lowest BCUT2D eigenvalue weighted by molar-refractivity contribution is 0.214. The molecule has 1 atom stereocenters. The lowest BCUT2D eigenvalue weighted by atomic mass is 10.0. The Kier molecular flexibility index (Phi) is 3.12. The highest BCUT2D eigenvalue weighted by atomic mass is 79.9. The molecule has 2 rings (SSSR count). The minimum Gasteiger partial charge on any atom is -0.382 e. The number of hydrogen-bond donors (Lipinski definition) is 1.